The Kier molecular flexibility index (Phi) is 6.82. The molecule has 0 amide bonds. The van der Waals surface area contributed by atoms with Gasteiger partial charge >= 0.3 is 11.9 Å². The molecule has 0 aromatic heterocycles. The third kappa shape index (κ3) is 6.51. The maximum absolute atomic E-state index is 12.0. The minimum Gasteiger partial charge on any atom is -0.419 e. The topological polar surface area (TPSA) is 55.8 Å². The van der Waals surface area contributed by atoms with Crippen LogP contribution in [0.15, 0.2) is 29.8 Å². The standard InChI is InChI=1S/C22H31NO4/c1-15(2)12-23(13-16(3)4)14-18-9-7-17(8-10-18)11-19-20(24)26-22(5,6)27-21(19)25/h7-11,15-16H,12-14H2,1-6H3. The third-order valence-corrected chi connectivity index (χ3v) is 4.06. The zero-order chi connectivity index (χ0) is 20.2. The van der Waals surface area contributed by atoms with Crippen LogP contribution in [0.2, 0.25) is 0 Å². The van der Waals surface area contributed by atoms with Gasteiger partial charge in [-0.1, -0.05) is 52.0 Å². The largest absolute Gasteiger partial charge is 0.419 e. The van der Waals surface area contributed by atoms with Crippen LogP contribution in [-0.4, -0.2) is 35.7 Å². The molecule has 0 spiro atoms. The van der Waals surface area contributed by atoms with E-state index in [1.54, 1.807) is 0 Å². The third-order valence-electron chi connectivity index (χ3n) is 4.06. The first-order valence-electron chi connectivity index (χ1n) is 9.55. The molecule has 1 heterocycles. The summed E-state index contributed by atoms with van der Waals surface area (Å²) >= 11 is 0. The van der Waals surface area contributed by atoms with Crippen LogP contribution >= 0.6 is 0 Å². The van der Waals surface area contributed by atoms with E-state index in [2.05, 4.69) is 32.6 Å². The molecule has 1 aromatic rings. The Morgan fingerprint density at radius 1 is 0.926 bits per heavy atom. The maximum Gasteiger partial charge on any atom is 0.348 e. The monoisotopic (exact) mass is 373 g/mol. The Hall–Kier alpha value is -2.14. The predicted octanol–water partition coefficient (Wildman–Crippen LogP) is 4.02. The maximum atomic E-state index is 12.0. The van der Waals surface area contributed by atoms with Crippen LogP contribution in [0.4, 0.5) is 0 Å². The number of carbonyl (C=O) groups excluding carboxylic acids is 2. The van der Waals surface area contributed by atoms with E-state index in [1.165, 1.54) is 25.5 Å². The van der Waals surface area contributed by atoms with Crippen molar-refractivity contribution in [1.29, 1.82) is 0 Å². The first-order chi connectivity index (χ1) is 12.6. The summed E-state index contributed by atoms with van der Waals surface area (Å²) in [4.78, 5) is 26.5. The quantitative estimate of drug-likeness (QED) is 0.410. The molecule has 5 nitrogen and oxygen atoms in total. The number of carbonyl (C=O) groups is 2. The van der Waals surface area contributed by atoms with E-state index in [9.17, 15) is 9.59 Å². The van der Waals surface area contributed by atoms with Gasteiger partial charge in [-0.05, 0) is 29.0 Å². The van der Waals surface area contributed by atoms with Gasteiger partial charge < -0.3 is 9.47 Å². The molecule has 148 valence electrons. The Balaban J connectivity index is 2.10. The second-order valence-electron chi connectivity index (χ2n) is 8.46. The molecule has 0 saturated carbocycles. The van der Waals surface area contributed by atoms with Gasteiger partial charge in [0.2, 0.25) is 0 Å². The van der Waals surface area contributed by atoms with Gasteiger partial charge in [0.15, 0.2) is 0 Å². The first kappa shape index (κ1) is 21.2. The summed E-state index contributed by atoms with van der Waals surface area (Å²) in [5, 5.41) is 0. The molecule has 0 unspecified atom stereocenters. The second-order valence-corrected chi connectivity index (χ2v) is 8.46. The fourth-order valence-electron chi connectivity index (χ4n) is 3.16. The molecule has 0 N–H and O–H groups in total. The van der Waals surface area contributed by atoms with Gasteiger partial charge in [0.1, 0.15) is 5.57 Å². The van der Waals surface area contributed by atoms with Crippen LogP contribution in [0.1, 0.15) is 52.7 Å². The Morgan fingerprint density at radius 3 is 1.85 bits per heavy atom. The minimum absolute atomic E-state index is 0.0803. The predicted molar refractivity (Wildman–Crippen MR) is 106 cm³/mol. The van der Waals surface area contributed by atoms with Crippen molar-refractivity contribution in [3.05, 3.63) is 41.0 Å². The summed E-state index contributed by atoms with van der Waals surface area (Å²) in [5.74, 6) is -1.30. The highest BCUT2D eigenvalue weighted by atomic mass is 16.7. The fraction of sp³-hybridized carbons (Fsp3) is 0.545. The molecule has 0 radical (unpaired) electrons. The van der Waals surface area contributed by atoms with E-state index in [-0.39, 0.29) is 5.57 Å². The Labute approximate surface area is 162 Å². The average Bonchev–Trinajstić information content (AvgIpc) is 2.50. The van der Waals surface area contributed by atoms with E-state index < -0.39 is 17.7 Å². The molecule has 0 bridgehead atoms. The van der Waals surface area contributed by atoms with Crippen LogP contribution in [0, 0.1) is 11.8 Å². The molecule has 1 saturated heterocycles. The van der Waals surface area contributed by atoms with Crippen LogP contribution in [-0.2, 0) is 25.6 Å². The Bertz CT molecular complexity index is 670. The zero-order valence-corrected chi connectivity index (χ0v) is 17.2. The molecule has 0 aliphatic carbocycles. The van der Waals surface area contributed by atoms with Crippen LogP contribution in [0.5, 0.6) is 0 Å². The number of hydrogen-bond acceptors (Lipinski definition) is 5. The highest BCUT2D eigenvalue weighted by molar-refractivity contribution is 6.18. The van der Waals surface area contributed by atoms with Gasteiger partial charge in [0.05, 0.1) is 0 Å². The van der Waals surface area contributed by atoms with Crippen LogP contribution in [0.3, 0.4) is 0 Å². The molecule has 1 aliphatic heterocycles. The number of nitrogens with zero attached hydrogens (tertiary/aromatic N) is 1. The van der Waals surface area contributed by atoms with Gasteiger partial charge in [0, 0.05) is 33.5 Å². The second kappa shape index (κ2) is 8.70. The molecule has 1 aliphatic rings. The van der Waals surface area contributed by atoms with E-state index in [4.69, 9.17) is 9.47 Å². The molecule has 5 heteroatoms. The van der Waals surface area contributed by atoms with Crippen LogP contribution in [0.25, 0.3) is 6.08 Å². The summed E-state index contributed by atoms with van der Waals surface area (Å²) in [5.41, 5.74) is 1.89. The summed E-state index contributed by atoms with van der Waals surface area (Å²) < 4.78 is 10.2. The number of cyclic esters (lactones) is 2. The van der Waals surface area contributed by atoms with E-state index >= 15 is 0 Å². The van der Waals surface area contributed by atoms with Gasteiger partial charge in [-0.2, -0.15) is 0 Å². The summed E-state index contributed by atoms with van der Waals surface area (Å²) in [6.45, 7) is 15.0. The van der Waals surface area contributed by atoms with Crippen molar-refractivity contribution in [3.63, 3.8) is 0 Å². The van der Waals surface area contributed by atoms with Crippen molar-refractivity contribution >= 4 is 18.0 Å². The van der Waals surface area contributed by atoms with E-state index in [1.807, 2.05) is 24.3 Å². The summed E-state index contributed by atoms with van der Waals surface area (Å²) in [6.07, 6.45) is 1.52. The van der Waals surface area contributed by atoms with Gasteiger partial charge in [0.25, 0.3) is 5.79 Å². The van der Waals surface area contributed by atoms with Crippen molar-refractivity contribution in [2.45, 2.75) is 53.9 Å². The summed E-state index contributed by atoms with van der Waals surface area (Å²) in [7, 11) is 0. The van der Waals surface area contributed by atoms with Crippen molar-refractivity contribution in [3.8, 4) is 0 Å². The highest BCUT2D eigenvalue weighted by Crippen LogP contribution is 2.24. The lowest BCUT2D eigenvalue weighted by Gasteiger charge is -2.29. The van der Waals surface area contributed by atoms with Gasteiger partial charge in [-0.15, -0.1) is 0 Å². The number of hydrogen-bond donors (Lipinski definition) is 0. The zero-order valence-electron chi connectivity index (χ0n) is 17.2. The lowest BCUT2D eigenvalue weighted by Crippen LogP contribution is -2.41. The fourth-order valence-corrected chi connectivity index (χ4v) is 3.16. The van der Waals surface area contributed by atoms with Crippen molar-refractivity contribution in [2.75, 3.05) is 13.1 Å². The van der Waals surface area contributed by atoms with E-state index in [0.29, 0.717) is 11.8 Å². The SMILES string of the molecule is CC(C)CN(Cc1ccc(C=C2C(=O)OC(C)(C)OC2=O)cc1)CC(C)C. The molecule has 1 aromatic carbocycles. The van der Waals surface area contributed by atoms with Crippen molar-refractivity contribution in [2.24, 2.45) is 11.8 Å². The number of rotatable bonds is 7. The first-order valence-corrected chi connectivity index (χ1v) is 9.55. The van der Waals surface area contributed by atoms with Gasteiger partial charge in [-0.25, -0.2) is 9.59 Å². The Morgan fingerprint density at radius 2 is 1.41 bits per heavy atom. The summed E-state index contributed by atoms with van der Waals surface area (Å²) in [6, 6.07) is 7.88. The average molecular weight is 373 g/mol. The molecular formula is C22H31NO4. The molecule has 0 atom stereocenters. The smallest absolute Gasteiger partial charge is 0.348 e. The van der Waals surface area contributed by atoms with Crippen molar-refractivity contribution in [1.82, 2.24) is 4.90 Å². The highest BCUT2D eigenvalue weighted by Gasteiger charge is 2.38. The molecule has 1 fully saturated rings. The minimum atomic E-state index is -1.22. The number of benzene rings is 1. The number of ether oxygens (including phenoxy) is 2. The van der Waals surface area contributed by atoms with Crippen LogP contribution < -0.4 is 0 Å². The number of esters is 2. The molecule has 2 rings (SSSR count). The van der Waals surface area contributed by atoms with Crippen molar-refractivity contribution < 1.29 is 19.1 Å². The normalized spacial score (nSPS) is 16.7. The lowest BCUT2D eigenvalue weighted by atomic mass is 10.1. The van der Waals surface area contributed by atoms with E-state index in [0.717, 1.165) is 25.2 Å². The molecule has 27 heavy (non-hydrogen) atoms. The molecular weight excluding hydrogens is 342 g/mol. The van der Waals surface area contributed by atoms with Gasteiger partial charge in [-0.3, -0.25) is 4.90 Å². The lowest BCUT2D eigenvalue weighted by molar-refractivity contribution is -0.222.